The quantitative estimate of drug-likeness (QED) is 0.386. The summed E-state index contributed by atoms with van der Waals surface area (Å²) in [7, 11) is 0. The molecular formula is C27H41NO3. The fourth-order valence-corrected chi connectivity index (χ4v) is 8.59. The Labute approximate surface area is 188 Å². The summed E-state index contributed by atoms with van der Waals surface area (Å²) >= 11 is 0. The van der Waals surface area contributed by atoms with Crippen LogP contribution < -0.4 is 5.32 Å². The van der Waals surface area contributed by atoms with E-state index < -0.39 is 5.60 Å². The summed E-state index contributed by atoms with van der Waals surface area (Å²) in [5.74, 6) is 9.83. The van der Waals surface area contributed by atoms with E-state index in [-0.39, 0.29) is 11.3 Å². The van der Waals surface area contributed by atoms with E-state index >= 15 is 0 Å². The molecule has 4 fully saturated rings. The predicted molar refractivity (Wildman–Crippen MR) is 122 cm³/mol. The molecular weight excluding hydrogens is 386 g/mol. The average molecular weight is 428 g/mol. The molecule has 0 bridgehead atoms. The summed E-state index contributed by atoms with van der Waals surface area (Å²) in [5, 5.41) is 13.9. The predicted octanol–water partition coefficient (Wildman–Crippen LogP) is 4.50. The average Bonchev–Trinajstić information content (AvgIpc) is 3.09. The molecule has 4 saturated carbocycles. The van der Waals surface area contributed by atoms with Crippen molar-refractivity contribution in [1.29, 1.82) is 0 Å². The first-order valence-corrected chi connectivity index (χ1v) is 12.6. The van der Waals surface area contributed by atoms with Gasteiger partial charge in [-0.15, -0.1) is 5.92 Å². The first kappa shape index (κ1) is 22.8. The Balaban J connectivity index is 1.44. The van der Waals surface area contributed by atoms with Gasteiger partial charge in [-0.1, -0.05) is 19.8 Å². The summed E-state index contributed by atoms with van der Waals surface area (Å²) < 4.78 is 0. The number of amides is 1. The topological polar surface area (TPSA) is 66.4 Å². The highest BCUT2D eigenvalue weighted by Crippen LogP contribution is 2.68. The van der Waals surface area contributed by atoms with Gasteiger partial charge in [-0.05, 0) is 106 Å². The number of nitrogens with one attached hydrogen (secondary N) is 1. The molecule has 1 amide bonds. The van der Waals surface area contributed by atoms with Crippen molar-refractivity contribution >= 4 is 12.2 Å². The molecule has 8 atom stereocenters. The van der Waals surface area contributed by atoms with E-state index in [1.807, 2.05) is 6.92 Å². The Hall–Kier alpha value is -1.34. The van der Waals surface area contributed by atoms with Crippen LogP contribution in [0, 0.1) is 52.3 Å². The van der Waals surface area contributed by atoms with Crippen LogP contribution in [0.2, 0.25) is 0 Å². The molecule has 0 aliphatic heterocycles. The smallest absolute Gasteiger partial charge is 0.207 e. The number of carbonyl (C=O) groups is 2. The Morgan fingerprint density at radius 1 is 1.06 bits per heavy atom. The number of fused-ring (bicyclic) bond motifs is 5. The summed E-state index contributed by atoms with van der Waals surface area (Å²) in [6, 6.07) is 0. The van der Waals surface area contributed by atoms with Crippen LogP contribution in [0.1, 0.15) is 91.4 Å². The van der Waals surface area contributed by atoms with E-state index in [4.69, 9.17) is 0 Å². The molecule has 4 rings (SSSR count). The van der Waals surface area contributed by atoms with Gasteiger partial charge in [-0.25, -0.2) is 0 Å². The van der Waals surface area contributed by atoms with Gasteiger partial charge in [0.25, 0.3) is 0 Å². The minimum atomic E-state index is -0.842. The highest BCUT2D eigenvalue weighted by atomic mass is 16.3. The van der Waals surface area contributed by atoms with Crippen molar-refractivity contribution in [2.45, 2.75) is 97.0 Å². The van der Waals surface area contributed by atoms with Crippen LogP contribution in [0.15, 0.2) is 0 Å². The van der Waals surface area contributed by atoms with Crippen LogP contribution in [-0.2, 0) is 9.59 Å². The molecule has 0 radical (unpaired) electrons. The van der Waals surface area contributed by atoms with E-state index in [1.54, 1.807) is 0 Å². The van der Waals surface area contributed by atoms with Crippen molar-refractivity contribution in [3.05, 3.63) is 0 Å². The van der Waals surface area contributed by atoms with Gasteiger partial charge in [-0.3, -0.25) is 9.59 Å². The minimum absolute atomic E-state index is 0.218. The van der Waals surface area contributed by atoms with Crippen LogP contribution in [0.5, 0.6) is 0 Å². The molecule has 4 heteroatoms. The highest BCUT2D eigenvalue weighted by molar-refractivity contribution is 5.79. The zero-order valence-corrected chi connectivity index (χ0v) is 19.7. The molecule has 31 heavy (non-hydrogen) atoms. The fourth-order valence-electron chi connectivity index (χ4n) is 8.59. The normalized spacial score (nSPS) is 46.0. The van der Waals surface area contributed by atoms with E-state index in [1.165, 1.54) is 32.1 Å². The van der Waals surface area contributed by atoms with Gasteiger partial charge in [0, 0.05) is 18.9 Å². The fraction of sp³-hybridized carbons (Fsp3) is 0.852. The standard InChI is InChI=1S/C27H41NO3/c1-19(30)22-9-10-23-21-8-7-20-17-27(31,12-5-4-6-16-28-18-29)15-14-25(20,2)24(21)11-13-26(22,23)3/h18,20-24,31H,4,6-11,13-17H2,1-3H3,(H,28,29)/t20-,21+,22-,23+,24+,25+,26-,27-/m1/s1. The van der Waals surface area contributed by atoms with Crippen LogP contribution in [0.25, 0.3) is 0 Å². The molecule has 0 aromatic rings. The summed E-state index contributed by atoms with van der Waals surface area (Å²) in [5.41, 5.74) is -0.318. The number of hydrogen-bond acceptors (Lipinski definition) is 3. The van der Waals surface area contributed by atoms with Gasteiger partial charge in [0.1, 0.15) is 11.4 Å². The zero-order chi connectivity index (χ0) is 22.3. The second-order valence-electron chi connectivity index (χ2n) is 11.7. The maximum atomic E-state index is 12.3. The molecule has 0 aromatic carbocycles. The number of ketones is 1. The van der Waals surface area contributed by atoms with E-state index in [2.05, 4.69) is 31.0 Å². The highest BCUT2D eigenvalue weighted by Gasteiger charge is 2.61. The van der Waals surface area contributed by atoms with Crippen molar-refractivity contribution < 1.29 is 14.7 Å². The van der Waals surface area contributed by atoms with E-state index in [0.29, 0.717) is 36.0 Å². The molecule has 4 aliphatic rings. The van der Waals surface area contributed by atoms with E-state index in [0.717, 1.165) is 50.4 Å². The van der Waals surface area contributed by atoms with Crippen molar-refractivity contribution in [3.8, 4) is 11.8 Å². The number of hydrogen-bond donors (Lipinski definition) is 2. The number of rotatable bonds is 5. The van der Waals surface area contributed by atoms with Gasteiger partial charge in [0.15, 0.2) is 0 Å². The Morgan fingerprint density at radius 2 is 1.84 bits per heavy atom. The van der Waals surface area contributed by atoms with Gasteiger partial charge in [-0.2, -0.15) is 0 Å². The Bertz CT molecular complexity index is 768. The minimum Gasteiger partial charge on any atom is -0.378 e. The van der Waals surface area contributed by atoms with Crippen LogP contribution in [0.4, 0.5) is 0 Å². The third-order valence-electron chi connectivity index (χ3n) is 10.2. The van der Waals surface area contributed by atoms with Gasteiger partial charge in [0.2, 0.25) is 6.41 Å². The van der Waals surface area contributed by atoms with Crippen LogP contribution in [0.3, 0.4) is 0 Å². The zero-order valence-electron chi connectivity index (χ0n) is 19.7. The monoisotopic (exact) mass is 427 g/mol. The second-order valence-corrected chi connectivity index (χ2v) is 11.7. The van der Waals surface area contributed by atoms with Crippen molar-refractivity contribution in [1.82, 2.24) is 5.32 Å². The molecule has 4 aliphatic carbocycles. The van der Waals surface area contributed by atoms with Crippen LogP contribution in [-0.4, -0.2) is 29.4 Å². The maximum Gasteiger partial charge on any atom is 0.207 e. The third kappa shape index (κ3) is 3.97. The van der Waals surface area contributed by atoms with Gasteiger partial charge >= 0.3 is 0 Å². The second kappa shape index (κ2) is 8.54. The lowest BCUT2D eigenvalue weighted by Crippen LogP contribution is -2.56. The molecule has 0 spiro atoms. The van der Waals surface area contributed by atoms with Gasteiger partial charge in [0.05, 0.1) is 0 Å². The van der Waals surface area contributed by atoms with Crippen molar-refractivity contribution in [3.63, 3.8) is 0 Å². The maximum absolute atomic E-state index is 12.3. The molecule has 2 N–H and O–H groups in total. The van der Waals surface area contributed by atoms with Crippen molar-refractivity contribution in [2.24, 2.45) is 40.4 Å². The number of carbonyl (C=O) groups excluding carboxylic acids is 2. The van der Waals surface area contributed by atoms with Crippen molar-refractivity contribution in [2.75, 3.05) is 6.54 Å². The lowest BCUT2D eigenvalue weighted by atomic mass is 9.44. The largest absolute Gasteiger partial charge is 0.378 e. The summed E-state index contributed by atoms with van der Waals surface area (Å²) in [6.07, 6.45) is 12.2. The molecule has 4 nitrogen and oxygen atoms in total. The van der Waals surface area contributed by atoms with Gasteiger partial charge < -0.3 is 10.4 Å². The summed E-state index contributed by atoms with van der Waals surface area (Å²) in [6.45, 7) is 7.38. The Morgan fingerprint density at radius 3 is 2.58 bits per heavy atom. The first-order chi connectivity index (χ1) is 14.7. The lowest BCUT2D eigenvalue weighted by Gasteiger charge is -2.61. The lowest BCUT2D eigenvalue weighted by molar-refractivity contribution is -0.144. The SMILES string of the molecule is CC(=O)[C@H]1CC[C@H]2[C@@H]3CC[C@@H]4C[C@@](O)(C#CCCCNC=O)CC[C@]4(C)[C@H]3CC[C@]12C. The molecule has 0 heterocycles. The first-order valence-electron chi connectivity index (χ1n) is 12.6. The summed E-state index contributed by atoms with van der Waals surface area (Å²) in [4.78, 5) is 22.7. The number of unbranched alkanes of at least 4 members (excludes halogenated alkanes) is 1. The third-order valence-corrected chi connectivity index (χ3v) is 10.2. The molecule has 0 aromatic heterocycles. The number of Topliss-reactive ketones (excluding diaryl/α,β-unsaturated/α-hetero) is 1. The number of aliphatic hydroxyl groups is 1. The molecule has 0 saturated heterocycles. The molecule has 172 valence electrons. The van der Waals surface area contributed by atoms with E-state index in [9.17, 15) is 14.7 Å². The Kier molecular flexibility index (Phi) is 6.29. The molecule has 0 unspecified atom stereocenters. The van der Waals surface area contributed by atoms with Crippen LogP contribution >= 0.6 is 0 Å².